The monoisotopic (exact) mass is 333 g/mol. The lowest BCUT2D eigenvalue weighted by molar-refractivity contribution is 0.414. The Morgan fingerprint density at radius 2 is 1.92 bits per heavy atom. The molecule has 0 aliphatic rings. The number of nitrogens with zero attached hydrogens (tertiary/aromatic N) is 3. The maximum atomic E-state index is 5.94. The number of imidazole rings is 1. The Morgan fingerprint density at radius 1 is 1.12 bits per heavy atom. The molecule has 0 saturated heterocycles. The van der Waals surface area contributed by atoms with Crippen LogP contribution in [0.5, 0.6) is 5.75 Å². The van der Waals surface area contributed by atoms with Crippen LogP contribution in [0.15, 0.2) is 48.5 Å². The molecular weight excluding hydrogens is 314 g/mol. The predicted molar refractivity (Wildman–Crippen MR) is 98.6 cm³/mol. The lowest BCUT2D eigenvalue weighted by Gasteiger charge is -2.06. The molecule has 2 aromatic carbocycles. The predicted octanol–water partition coefficient (Wildman–Crippen LogP) is 3.37. The Morgan fingerprint density at radius 3 is 2.68 bits per heavy atom. The van der Waals surface area contributed by atoms with Crippen molar-refractivity contribution in [1.82, 2.24) is 19.7 Å². The van der Waals surface area contributed by atoms with E-state index in [1.807, 2.05) is 41.1 Å². The molecular formula is C19H19N5O. The second-order valence-electron chi connectivity index (χ2n) is 6.07. The number of fused-ring (bicyclic) bond motifs is 1. The molecule has 0 spiro atoms. The SMILES string of the molecule is COc1ccc(Cn2nc(N)cc2-c2nc3cc(C)ccc3[nH]2)cc1. The van der Waals surface area contributed by atoms with Gasteiger partial charge in [-0.05, 0) is 42.3 Å². The molecule has 0 aliphatic carbocycles. The zero-order valence-electron chi connectivity index (χ0n) is 14.2. The molecule has 4 aromatic rings. The molecule has 4 rings (SSSR count). The third-order valence-corrected chi connectivity index (χ3v) is 4.17. The van der Waals surface area contributed by atoms with Crippen molar-refractivity contribution in [2.45, 2.75) is 13.5 Å². The van der Waals surface area contributed by atoms with Crippen LogP contribution in [0.4, 0.5) is 5.82 Å². The number of nitrogen functional groups attached to an aromatic ring is 1. The van der Waals surface area contributed by atoms with Crippen LogP contribution in [0.2, 0.25) is 0 Å². The number of nitrogens with one attached hydrogen (secondary N) is 1. The number of benzene rings is 2. The number of anilines is 1. The molecule has 0 saturated carbocycles. The fourth-order valence-corrected chi connectivity index (χ4v) is 2.89. The lowest BCUT2D eigenvalue weighted by Crippen LogP contribution is -2.05. The van der Waals surface area contributed by atoms with Gasteiger partial charge in [0.1, 0.15) is 17.3 Å². The number of rotatable bonds is 4. The molecule has 0 aliphatic heterocycles. The highest BCUT2D eigenvalue weighted by Gasteiger charge is 2.13. The smallest absolute Gasteiger partial charge is 0.156 e. The first-order chi connectivity index (χ1) is 12.1. The number of H-pyrrole nitrogens is 1. The van der Waals surface area contributed by atoms with Crippen LogP contribution in [0, 0.1) is 6.92 Å². The van der Waals surface area contributed by atoms with Crippen molar-refractivity contribution in [1.29, 1.82) is 0 Å². The minimum absolute atomic E-state index is 0.472. The van der Waals surface area contributed by atoms with Crippen molar-refractivity contribution in [2.75, 3.05) is 12.8 Å². The largest absolute Gasteiger partial charge is 0.497 e. The summed E-state index contributed by atoms with van der Waals surface area (Å²) in [7, 11) is 1.66. The van der Waals surface area contributed by atoms with Gasteiger partial charge >= 0.3 is 0 Å². The van der Waals surface area contributed by atoms with Gasteiger partial charge in [0.15, 0.2) is 5.82 Å². The van der Waals surface area contributed by atoms with Gasteiger partial charge in [-0.2, -0.15) is 5.10 Å². The summed E-state index contributed by atoms with van der Waals surface area (Å²) in [5.74, 6) is 2.06. The molecule has 25 heavy (non-hydrogen) atoms. The van der Waals surface area contributed by atoms with E-state index in [9.17, 15) is 0 Å². The summed E-state index contributed by atoms with van der Waals surface area (Å²) in [5.41, 5.74) is 11.0. The number of hydrogen-bond acceptors (Lipinski definition) is 4. The third-order valence-electron chi connectivity index (χ3n) is 4.17. The molecule has 2 heterocycles. The van der Waals surface area contributed by atoms with Gasteiger partial charge in [0.2, 0.25) is 0 Å². The number of aryl methyl sites for hydroxylation is 1. The van der Waals surface area contributed by atoms with Crippen LogP contribution in [0.25, 0.3) is 22.6 Å². The molecule has 6 nitrogen and oxygen atoms in total. The molecule has 0 amide bonds. The van der Waals surface area contributed by atoms with Crippen molar-refractivity contribution >= 4 is 16.9 Å². The van der Waals surface area contributed by atoms with Crippen molar-refractivity contribution in [2.24, 2.45) is 0 Å². The van der Waals surface area contributed by atoms with Gasteiger partial charge in [0, 0.05) is 6.07 Å². The Bertz CT molecular complexity index is 1030. The summed E-state index contributed by atoms with van der Waals surface area (Å²) in [5, 5.41) is 4.42. The molecule has 0 fully saturated rings. The molecule has 0 atom stereocenters. The van der Waals surface area contributed by atoms with Crippen LogP contribution in [-0.4, -0.2) is 26.9 Å². The quantitative estimate of drug-likeness (QED) is 0.600. The van der Waals surface area contributed by atoms with Crippen LogP contribution in [-0.2, 0) is 6.54 Å². The summed E-state index contributed by atoms with van der Waals surface area (Å²) in [6.45, 7) is 2.66. The Kier molecular flexibility index (Phi) is 3.65. The average Bonchev–Trinajstić information content (AvgIpc) is 3.18. The molecule has 0 bridgehead atoms. The molecule has 3 N–H and O–H groups in total. The number of nitrogens with two attached hydrogens (primary N) is 1. The zero-order valence-corrected chi connectivity index (χ0v) is 14.2. The van der Waals surface area contributed by atoms with Crippen LogP contribution in [0.1, 0.15) is 11.1 Å². The maximum Gasteiger partial charge on any atom is 0.156 e. The summed E-state index contributed by atoms with van der Waals surface area (Å²) < 4.78 is 7.07. The average molecular weight is 333 g/mol. The van der Waals surface area contributed by atoms with Gasteiger partial charge in [-0.25, -0.2) is 4.98 Å². The van der Waals surface area contributed by atoms with E-state index >= 15 is 0 Å². The van der Waals surface area contributed by atoms with E-state index < -0.39 is 0 Å². The minimum atomic E-state index is 0.472. The summed E-state index contributed by atoms with van der Waals surface area (Å²) >= 11 is 0. The van der Waals surface area contributed by atoms with Crippen molar-refractivity contribution < 1.29 is 4.74 Å². The summed E-state index contributed by atoms with van der Waals surface area (Å²) in [6.07, 6.45) is 0. The summed E-state index contributed by atoms with van der Waals surface area (Å²) in [4.78, 5) is 8.04. The van der Waals surface area contributed by atoms with E-state index in [1.165, 1.54) is 5.56 Å². The Balaban J connectivity index is 1.71. The molecule has 126 valence electrons. The normalized spacial score (nSPS) is 11.1. The van der Waals surface area contributed by atoms with Gasteiger partial charge in [-0.15, -0.1) is 0 Å². The topological polar surface area (TPSA) is 81.8 Å². The standard InChI is InChI=1S/C19H19N5O/c1-12-3-8-15-16(9-12)22-19(21-15)17-10-18(20)23-24(17)11-13-4-6-14(25-2)7-5-13/h3-10H,11H2,1-2H3,(H2,20,23)(H,21,22). The molecule has 0 radical (unpaired) electrons. The van der Waals surface area contributed by atoms with E-state index in [0.717, 1.165) is 33.9 Å². The number of methoxy groups -OCH3 is 1. The lowest BCUT2D eigenvalue weighted by atomic mass is 10.2. The minimum Gasteiger partial charge on any atom is -0.497 e. The van der Waals surface area contributed by atoms with Gasteiger partial charge in [-0.1, -0.05) is 18.2 Å². The van der Waals surface area contributed by atoms with Crippen molar-refractivity contribution in [3.8, 4) is 17.3 Å². The van der Waals surface area contributed by atoms with Crippen LogP contribution < -0.4 is 10.5 Å². The summed E-state index contributed by atoms with van der Waals surface area (Å²) in [6, 6.07) is 15.9. The Hall–Kier alpha value is -3.28. The second kappa shape index (κ2) is 5.98. The maximum absolute atomic E-state index is 5.94. The van der Waals surface area contributed by atoms with E-state index in [2.05, 4.69) is 29.1 Å². The highest BCUT2D eigenvalue weighted by molar-refractivity contribution is 5.79. The van der Waals surface area contributed by atoms with E-state index in [-0.39, 0.29) is 0 Å². The number of aromatic amines is 1. The van der Waals surface area contributed by atoms with Gasteiger partial charge in [-0.3, -0.25) is 4.68 Å². The van der Waals surface area contributed by atoms with Gasteiger partial charge in [0.05, 0.1) is 24.7 Å². The highest BCUT2D eigenvalue weighted by atomic mass is 16.5. The first kappa shape index (κ1) is 15.3. The number of aromatic nitrogens is 4. The van der Waals surface area contributed by atoms with Gasteiger partial charge < -0.3 is 15.5 Å². The fraction of sp³-hybridized carbons (Fsp3) is 0.158. The Labute approximate surface area is 145 Å². The highest BCUT2D eigenvalue weighted by Crippen LogP contribution is 2.24. The first-order valence-electron chi connectivity index (χ1n) is 8.05. The molecule has 2 aromatic heterocycles. The van der Waals surface area contributed by atoms with E-state index in [1.54, 1.807) is 7.11 Å². The third kappa shape index (κ3) is 2.94. The number of hydrogen-bond donors (Lipinski definition) is 2. The zero-order chi connectivity index (χ0) is 17.4. The van der Waals surface area contributed by atoms with Crippen molar-refractivity contribution in [3.63, 3.8) is 0 Å². The molecule has 6 heteroatoms. The van der Waals surface area contributed by atoms with Gasteiger partial charge in [0.25, 0.3) is 0 Å². The van der Waals surface area contributed by atoms with Crippen LogP contribution >= 0.6 is 0 Å². The van der Waals surface area contributed by atoms with E-state index in [4.69, 9.17) is 15.5 Å². The van der Waals surface area contributed by atoms with Crippen LogP contribution in [0.3, 0.4) is 0 Å². The van der Waals surface area contributed by atoms with E-state index in [0.29, 0.717) is 12.4 Å². The first-order valence-corrected chi connectivity index (χ1v) is 8.05. The molecule has 0 unspecified atom stereocenters. The second-order valence-corrected chi connectivity index (χ2v) is 6.07. The number of ether oxygens (including phenoxy) is 1. The fourth-order valence-electron chi connectivity index (χ4n) is 2.89. The van der Waals surface area contributed by atoms with Crippen molar-refractivity contribution in [3.05, 3.63) is 59.7 Å².